The Morgan fingerprint density at radius 1 is 1.08 bits per heavy atom. The largest absolute Gasteiger partial charge is 0.416 e. The molecule has 202 valence electrons. The molecule has 38 heavy (non-hydrogen) atoms. The lowest BCUT2D eigenvalue weighted by Gasteiger charge is -2.35. The second-order valence-corrected chi connectivity index (χ2v) is 9.96. The van der Waals surface area contributed by atoms with Gasteiger partial charge < -0.3 is 15.4 Å². The summed E-state index contributed by atoms with van der Waals surface area (Å²) in [5.41, 5.74) is -1.34. The van der Waals surface area contributed by atoms with Crippen molar-refractivity contribution in [1.82, 2.24) is 15.6 Å². The number of aromatic nitrogens is 1. The Morgan fingerprint density at radius 2 is 1.82 bits per heavy atom. The van der Waals surface area contributed by atoms with E-state index < -0.39 is 29.0 Å². The number of nitrogens with one attached hydrogen (secondary N) is 2. The van der Waals surface area contributed by atoms with Crippen molar-refractivity contribution in [1.29, 1.82) is 0 Å². The maximum atomic E-state index is 14.7. The Kier molecular flexibility index (Phi) is 8.57. The minimum absolute atomic E-state index is 0.0316. The molecule has 2 aromatic carbocycles. The van der Waals surface area contributed by atoms with Crippen molar-refractivity contribution in [2.45, 2.75) is 49.4 Å². The van der Waals surface area contributed by atoms with Gasteiger partial charge in [-0.15, -0.1) is 0 Å². The van der Waals surface area contributed by atoms with Gasteiger partial charge in [0.2, 0.25) is 0 Å². The van der Waals surface area contributed by atoms with Gasteiger partial charge in [-0.2, -0.15) is 13.2 Å². The molecule has 0 spiro atoms. The third-order valence-electron chi connectivity index (χ3n) is 6.95. The van der Waals surface area contributed by atoms with Crippen molar-refractivity contribution in [3.63, 3.8) is 0 Å². The van der Waals surface area contributed by atoms with Crippen LogP contribution in [0.5, 0.6) is 0 Å². The van der Waals surface area contributed by atoms with Crippen molar-refractivity contribution in [2.24, 2.45) is 0 Å². The summed E-state index contributed by atoms with van der Waals surface area (Å²) >= 11 is 6.06. The highest BCUT2D eigenvalue weighted by Crippen LogP contribution is 2.39. The third-order valence-corrected chi connectivity index (χ3v) is 7.17. The zero-order chi connectivity index (χ0) is 27.3. The number of hydrogen-bond donors (Lipinski definition) is 2. The lowest BCUT2D eigenvalue weighted by molar-refractivity contribution is -0.137. The first-order valence-corrected chi connectivity index (χ1v) is 12.6. The van der Waals surface area contributed by atoms with Crippen LogP contribution in [-0.2, 0) is 22.7 Å². The Labute approximate surface area is 223 Å². The first kappa shape index (κ1) is 27.9. The van der Waals surface area contributed by atoms with Crippen LogP contribution in [0.4, 0.5) is 22.4 Å². The van der Waals surface area contributed by atoms with Gasteiger partial charge in [0.15, 0.2) is 0 Å². The fraction of sp³-hybridized carbons (Fsp3) is 0.357. The maximum Gasteiger partial charge on any atom is 0.416 e. The molecule has 10 heteroatoms. The van der Waals surface area contributed by atoms with Gasteiger partial charge in [-0.3, -0.25) is 4.98 Å². The van der Waals surface area contributed by atoms with E-state index in [4.69, 9.17) is 16.3 Å². The molecule has 1 saturated carbocycles. The lowest BCUT2D eigenvalue weighted by atomic mass is 9.72. The minimum atomic E-state index is -4.77. The maximum absolute atomic E-state index is 14.7. The van der Waals surface area contributed by atoms with E-state index in [-0.39, 0.29) is 30.7 Å². The molecular formula is C28H28ClF4N3O2. The molecule has 0 saturated heterocycles. The molecule has 5 nitrogen and oxygen atoms in total. The standard InChI is InChI=1S/C28H28ClF4N3O2/c1-38-24-9-8-23(14-24)36-26(37)35-17-27(15-18-5-3-2-4-6-18,25-10-7-21(29)16-34-25)19-11-20(28(31,32)33)13-22(30)12-19/h2-7,10-13,16,23-24H,8-9,14-15,17H2,1H3,(H2,35,36,37)/t23-,24+,27+/m1/s1. The molecule has 2 amide bonds. The zero-order valence-corrected chi connectivity index (χ0v) is 21.5. The fourth-order valence-corrected chi connectivity index (χ4v) is 5.09. The van der Waals surface area contributed by atoms with Crippen LogP contribution in [0.25, 0.3) is 0 Å². The number of benzene rings is 2. The van der Waals surface area contributed by atoms with Crippen molar-refractivity contribution < 1.29 is 27.1 Å². The third kappa shape index (κ3) is 6.63. The number of halogens is 5. The van der Waals surface area contributed by atoms with E-state index in [1.807, 2.05) is 18.2 Å². The number of urea groups is 1. The predicted molar refractivity (Wildman–Crippen MR) is 137 cm³/mol. The van der Waals surface area contributed by atoms with Gasteiger partial charge in [0, 0.05) is 25.9 Å². The number of alkyl halides is 3. The monoisotopic (exact) mass is 549 g/mol. The van der Waals surface area contributed by atoms with Crippen molar-refractivity contribution in [3.05, 3.63) is 100 Å². The highest BCUT2D eigenvalue weighted by Gasteiger charge is 2.40. The average molecular weight is 550 g/mol. The molecule has 0 radical (unpaired) electrons. The quantitative estimate of drug-likeness (QED) is 0.325. The van der Waals surface area contributed by atoms with E-state index in [0.717, 1.165) is 30.5 Å². The van der Waals surface area contributed by atoms with Gasteiger partial charge in [0.05, 0.1) is 27.8 Å². The Hall–Kier alpha value is -3.17. The molecule has 3 atom stereocenters. The van der Waals surface area contributed by atoms with Crippen LogP contribution in [0.1, 0.15) is 41.6 Å². The molecule has 1 aromatic heterocycles. The Morgan fingerprint density at radius 3 is 2.45 bits per heavy atom. The fourth-order valence-electron chi connectivity index (χ4n) is 4.98. The number of carbonyl (C=O) groups excluding carboxylic acids is 1. The van der Waals surface area contributed by atoms with Crippen LogP contribution in [0.2, 0.25) is 5.02 Å². The summed E-state index contributed by atoms with van der Waals surface area (Å²) in [4.78, 5) is 17.4. The molecule has 0 aliphatic heterocycles. The molecule has 1 heterocycles. The molecule has 1 aliphatic carbocycles. The summed E-state index contributed by atoms with van der Waals surface area (Å²) in [5.74, 6) is -1.04. The summed E-state index contributed by atoms with van der Waals surface area (Å²) in [6.07, 6.45) is -0.965. The van der Waals surface area contributed by atoms with E-state index in [1.54, 1.807) is 31.4 Å². The normalized spacial score (nSPS) is 19.1. The Balaban J connectivity index is 1.76. The Bertz CT molecular complexity index is 1240. The highest BCUT2D eigenvalue weighted by molar-refractivity contribution is 6.30. The minimum Gasteiger partial charge on any atom is -0.381 e. The SMILES string of the molecule is CO[C@H]1CC[C@@H](NC(=O)NC[C@@](Cc2ccccc2)(c2cc(F)cc(C(F)(F)F)c2)c2ccc(Cl)cn2)C1. The summed E-state index contributed by atoms with van der Waals surface area (Å²) in [7, 11) is 1.62. The molecule has 3 aromatic rings. The van der Waals surface area contributed by atoms with Crippen molar-refractivity contribution >= 4 is 17.6 Å². The van der Waals surface area contributed by atoms with Crippen molar-refractivity contribution in [2.75, 3.05) is 13.7 Å². The van der Waals surface area contributed by atoms with E-state index in [2.05, 4.69) is 15.6 Å². The predicted octanol–water partition coefficient (Wildman–Crippen LogP) is 6.29. The number of ether oxygens (including phenoxy) is 1. The molecular weight excluding hydrogens is 522 g/mol. The van der Waals surface area contributed by atoms with Gasteiger partial charge >= 0.3 is 12.2 Å². The van der Waals surface area contributed by atoms with Gasteiger partial charge in [0.25, 0.3) is 0 Å². The number of carbonyl (C=O) groups is 1. The first-order chi connectivity index (χ1) is 18.1. The summed E-state index contributed by atoms with van der Waals surface area (Å²) in [6.45, 7) is -0.149. The van der Waals surface area contributed by atoms with Gasteiger partial charge in [-0.05, 0) is 67.1 Å². The molecule has 1 fully saturated rings. The number of pyridine rings is 1. The number of rotatable bonds is 8. The van der Waals surface area contributed by atoms with E-state index in [9.17, 15) is 22.4 Å². The summed E-state index contributed by atoms with van der Waals surface area (Å²) in [6, 6.07) is 14.1. The van der Waals surface area contributed by atoms with E-state index in [0.29, 0.717) is 23.2 Å². The second kappa shape index (κ2) is 11.7. The molecule has 0 unspecified atom stereocenters. The molecule has 2 N–H and O–H groups in total. The highest BCUT2D eigenvalue weighted by atomic mass is 35.5. The van der Waals surface area contributed by atoms with Gasteiger partial charge in [-0.25, -0.2) is 9.18 Å². The van der Waals surface area contributed by atoms with Gasteiger partial charge in [0.1, 0.15) is 5.82 Å². The topological polar surface area (TPSA) is 63.2 Å². The van der Waals surface area contributed by atoms with Crippen LogP contribution in [-0.4, -0.2) is 36.8 Å². The molecule has 4 rings (SSSR count). The number of amides is 2. The second-order valence-electron chi connectivity index (χ2n) is 9.53. The smallest absolute Gasteiger partial charge is 0.381 e. The molecule has 0 bridgehead atoms. The van der Waals surface area contributed by atoms with Crippen LogP contribution in [0.15, 0.2) is 66.9 Å². The van der Waals surface area contributed by atoms with Crippen LogP contribution in [0.3, 0.4) is 0 Å². The average Bonchev–Trinajstić information content (AvgIpc) is 3.34. The lowest BCUT2D eigenvalue weighted by Crippen LogP contribution is -2.49. The van der Waals surface area contributed by atoms with Crippen LogP contribution < -0.4 is 10.6 Å². The van der Waals surface area contributed by atoms with Crippen molar-refractivity contribution in [3.8, 4) is 0 Å². The summed E-state index contributed by atoms with van der Waals surface area (Å²) in [5, 5.41) is 6.07. The summed E-state index contributed by atoms with van der Waals surface area (Å²) < 4.78 is 61.2. The molecule has 1 aliphatic rings. The number of hydrogen-bond acceptors (Lipinski definition) is 3. The number of nitrogens with zero attached hydrogens (tertiary/aromatic N) is 1. The van der Waals surface area contributed by atoms with E-state index in [1.165, 1.54) is 6.20 Å². The zero-order valence-electron chi connectivity index (χ0n) is 20.7. The van der Waals surface area contributed by atoms with Crippen LogP contribution in [0, 0.1) is 5.82 Å². The van der Waals surface area contributed by atoms with Crippen LogP contribution >= 0.6 is 11.6 Å². The number of methoxy groups -OCH3 is 1. The first-order valence-electron chi connectivity index (χ1n) is 12.2. The van der Waals surface area contributed by atoms with Gasteiger partial charge in [-0.1, -0.05) is 41.9 Å². The van der Waals surface area contributed by atoms with E-state index >= 15 is 0 Å².